The van der Waals surface area contributed by atoms with Crippen LogP contribution in [0.2, 0.25) is 0 Å². The smallest absolute Gasteiger partial charge is 0.224 e. The van der Waals surface area contributed by atoms with Crippen molar-refractivity contribution in [1.82, 2.24) is 10.7 Å². The van der Waals surface area contributed by atoms with Crippen LogP contribution < -0.4 is 16.1 Å². The summed E-state index contributed by atoms with van der Waals surface area (Å²) in [5, 5.41) is 20.6. The maximum atomic E-state index is 11.7. The minimum atomic E-state index is -0.0619. The molecule has 0 unspecified atom stereocenters. The Bertz CT molecular complexity index is 822. The molecule has 0 aromatic heterocycles. The molecule has 142 valence electrons. The molecule has 2 aromatic rings. The molecule has 0 fully saturated rings. The number of aromatic hydroxyl groups is 1. The first kappa shape index (κ1) is 20.4. The minimum absolute atomic E-state index is 0.0619. The molecule has 0 aliphatic carbocycles. The normalized spacial score (nSPS) is 11.0. The molecule has 0 spiro atoms. The van der Waals surface area contributed by atoms with Crippen molar-refractivity contribution < 1.29 is 9.90 Å². The van der Waals surface area contributed by atoms with Crippen LogP contribution in [0.4, 0.5) is 5.69 Å². The maximum Gasteiger partial charge on any atom is 0.224 e. The van der Waals surface area contributed by atoms with Gasteiger partial charge < -0.3 is 15.7 Å². The number of carbonyl (C=O) groups is 1. The molecule has 1 amide bonds. The highest BCUT2D eigenvalue weighted by Gasteiger charge is 2.08. The molecule has 0 saturated carbocycles. The number of nitrogens with one attached hydrogen (secondary N) is 3. The lowest BCUT2D eigenvalue weighted by Crippen LogP contribution is -2.32. The van der Waals surface area contributed by atoms with Crippen molar-refractivity contribution in [2.75, 3.05) is 5.32 Å². The number of hydrogen-bond donors (Lipinski definition) is 4. The van der Waals surface area contributed by atoms with E-state index in [9.17, 15) is 9.90 Å². The largest absolute Gasteiger partial charge is 0.507 e. The number of anilines is 1. The van der Waals surface area contributed by atoms with E-state index >= 15 is 0 Å². The third kappa shape index (κ3) is 6.71. The predicted octanol–water partition coefficient (Wildman–Crippen LogP) is 3.52. The standard InChI is InChI=1S/C20H24N4O2S/c1-3-7-19(26)22-16-10-11-18(25)17(12-16)14(2)23-24-20(27)21-13-15-8-5-4-6-9-15/h4-6,8-12,25H,3,7,13H2,1-2H3,(H,22,26)(H2,21,24,27)/b23-14+. The first-order valence-corrected chi connectivity index (χ1v) is 9.15. The fraction of sp³-hybridized carbons (Fsp3) is 0.250. The molecule has 0 bridgehead atoms. The fourth-order valence-corrected chi connectivity index (χ4v) is 2.48. The summed E-state index contributed by atoms with van der Waals surface area (Å²) in [7, 11) is 0. The predicted molar refractivity (Wildman–Crippen MR) is 113 cm³/mol. The van der Waals surface area contributed by atoms with Crippen molar-refractivity contribution in [2.45, 2.75) is 33.2 Å². The molecule has 0 saturated heterocycles. The Kier molecular flexibility index (Phi) is 7.76. The maximum absolute atomic E-state index is 11.7. The molecule has 0 aliphatic heterocycles. The molecule has 6 nitrogen and oxygen atoms in total. The van der Waals surface area contributed by atoms with Gasteiger partial charge in [-0.3, -0.25) is 10.2 Å². The molecule has 2 aromatic carbocycles. The third-order valence-corrected chi connectivity index (χ3v) is 4.00. The van der Waals surface area contributed by atoms with E-state index in [0.29, 0.717) is 35.0 Å². The second kappa shape index (κ2) is 10.3. The second-order valence-electron chi connectivity index (χ2n) is 6.01. The molecular weight excluding hydrogens is 360 g/mol. The zero-order valence-corrected chi connectivity index (χ0v) is 16.3. The highest BCUT2D eigenvalue weighted by atomic mass is 32.1. The zero-order chi connectivity index (χ0) is 19.6. The Balaban J connectivity index is 1.97. The van der Waals surface area contributed by atoms with E-state index < -0.39 is 0 Å². The molecule has 7 heteroatoms. The van der Waals surface area contributed by atoms with Crippen molar-refractivity contribution in [3.05, 3.63) is 59.7 Å². The van der Waals surface area contributed by atoms with Crippen molar-refractivity contribution in [1.29, 1.82) is 0 Å². The van der Waals surface area contributed by atoms with Gasteiger partial charge in [-0.15, -0.1) is 0 Å². The minimum Gasteiger partial charge on any atom is -0.507 e. The van der Waals surface area contributed by atoms with Crippen molar-refractivity contribution >= 4 is 34.6 Å². The van der Waals surface area contributed by atoms with Crippen LogP contribution in [0.1, 0.15) is 37.8 Å². The SMILES string of the molecule is CCCC(=O)Nc1ccc(O)c(/C(C)=N/NC(=S)NCc2ccccc2)c1. The summed E-state index contributed by atoms with van der Waals surface area (Å²) < 4.78 is 0. The van der Waals surface area contributed by atoms with E-state index in [-0.39, 0.29) is 11.7 Å². The Morgan fingerprint density at radius 2 is 1.93 bits per heavy atom. The van der Waals surface area contributed by atoms with E-state index in [4.69, 9.17) is 12.2 Å². The summed E-state index contributed by atoms with van der Waals surface area (Å²) >= 11 is 5.22. The van der Waals surface area contributed by atoms with Gasteiger partial charge in [-0.1, -0.05) is 37.3 Å². The van der Waals surface area contributed by atoms with Crippen molar-refractivity contribution in [3.8, 4) is 5.75 Å². The molecule has 0 atom stereocenters. The number of hydrazone groups is 1. The lowest BCUT2D eigenvalue weighted by Gasteiger charge is -2.10. The number of phenols is 1. The summed E-state index contributed by atoms with van der Waals surface area (Å²) in [6.45, 7) is 4.28. The summed E-state index contributed by atoms with van der Waals surface area (Å²) in [5.74, 6) is 0.0165. The monoisotopic (exact) mass is 384 g/mol. The van der Waals surface area contributed by atoms with Crippen LogP contribution in [0.3, 0.4) is 0 Å². The van der Waals surface area contributed by atoms with Gasteiger partial charge in [-0.2, -0.15) is 5.10 Å². The number of rotatable bonds is 7. The quantitative estimate of drug-likeness (QED) is 0.254. The van der Waals surface area contributed by atoms with Crippen LogP contribution in [0.15, 0.2) is 53.6 Å². The Labute approximate surface area is 164 Å². The Morgan fingerprint density at radius 3 is 2.63 bits per heavy atom. The van der Waals surface area contributed by atoms with Crippen molar-refractivity contribution in [3.63, 3.8) is 0 Å². The van der Waals surface area contributed by atoms with Gasteiger partial charge in [-0.05, 0) is 49.3 Å². The topological polar surface area (TPSA) is 85.8 Å². The lowest BCUT2D eigenvalue weighted by molar-refractivity contribution is -0.116. The van der Waals surface area contributed by atoms with Crippen LogP contribution in [-0.4, -0.2) is 21.8 Å². The zero-order valence-electron chi connectivity index (χ0n) is 15.5. The number of thiocarbonyl (C=S) groups is 1. The van der Waals surface area contributed by atoms with E-state index in [0.717, 1.165) is 12.0 Å². The number of carbonyl (C=O) groups excluding carboxylic acids is 1. The Hall–Kier alpha value is -2.93. The summed E-state index contributed by atoms with van der Waals surface area (Å²) in [5.41, 5.74) is 5.55. The van der Waals surface area contributed by atoms with Gasteiger partial charge in [0.2, 0.25) is 5.91 Å². The number of benzene rings is 2. The number of phenolic OH excluding ortho intramolecular Hbond substituents is 1. The highest BCUT2D eigenvalue weighted by Crippen LogP contribution is 2.22. The van der Waals surface area contributed by atoms with Gasteiger partial charge in [0.25, 0.3) is 0 Å². The van der Waals surface area contributed by atoms with Crippen molar-refractivity contribution in [2.24, 2.45) is 5.10 Å². The Morgan fingerprint density at radius 1 is 1.19 bits per heavy atom. The first-order valence-electron chi connectivity index (χ1n) is 8.75. The third-order valence-electron chi connectivity index (χ3n) is 3.77. The number of nitrogens with zero attached hydrogens (tertiary/aromatic N) is 1. The molecule has 0 heterocycles. The molecule has 0 radical (unpaired) electrons. The number of amides is 1. The molecule has 2 rings (SSSR count). The molecule has 27 heavy (non-hydrogen) atoms. The van der Waals surface area contributed by atoms with Gasteiger partial charge in [0.1, 0.15) is 5.75 Å². The van der Waals surface area contributed by atoms with Crippen LogP contribution >= 0.6 is 12.2 Å². The van der Waals surface area contributed by atoms with Gasteiger partial charge in [0.15, 0.2) is 5.11 Å². The van der Waals surface area contributed by atoms with Crippen LogP contribution in [0, 0.1) is 0 Å². The van der Waals surface area contributed by atoms with E-state index in [1.165, 1.54) is 6.07 Å². The highest BCUT2D eigenvalue weighted by molar-refractivity contribution is 7.80. The van der Waals surface area contributed by atoms with Gasteiger partial charge >= 0.3 is 0 Å². The van der Waals surface area contributed by atoms with Gasteiger partial charge in [0.05, 0.1) is 5.71 Å². The average molecular weight is 385 g/mol. The van der Waals surface area contributed by atoms with E-state index in [2.05, 4.69) is 21.2 Å². The number of hydrogen-bond acceptors (Lipinski definition) is 4. The molecule has 4 N–H and O–H groups in total. The second-order valence-corrected chi connectivity index (χ2v) is 6.42. The lowest BCUT2D eigenvalue weighted by atomic mass is 10.1. The van der Waals surface area contributed by atoms with E-state index in [1.54, 1.807) is 19.1 Å². The first-order chi connectivity index (χ1) is 13.0. The van der Waals surface area contributed by atoms with E-state index in [1.807, 2.05) is 37.3 Å². The molecule has 0 aliphatic rings. The molecular formula is C20H24N4O2S. The van der Waals surface area contributed by atoms with Crippen LogP contribution in [-0.2, 0) is 11.3 Å². The van der Waals surface area contributed by atoms with Gasteiger partial charge in [0, 0.05) is 24.2 Å². The summed E-state index contributed by atoms with van der Waals surface area (Å²) in [4.78, 5) is 11.7. The van der Waals surface area contributed by atoms with Gasteiger partial charge in [-0.25, -0.2) is 0 Å². The summed E-state index contributed by atoms with van der Waals surface area (Å²) in [6, 6.07) is 14.8. The van der Waals surface area contributed by atoms with Crippen LogP contribution in [0.5, 0.6) is 5.75 Å². The summed E-state index contributed by atoms with van der Waals surface area (Å²) in [6.07, 6.45) is 1.22. The average Bonchev–Trinajstić information content (AvgIpc) is 2.67. The fourth-order valence-electron chi connectivity index (χ4n) is 2.37. The van der Waals surface area contributed by atoms with Crippen LogP contribution in [0.25, 0.3) is 0 Å².